The number of anilines is 1. The van der Waals surface area contributed by atoms with E-state index in [2.05, 4.69) is 34.4 Å². The number of pyridine rings is 2. The van der Waals surface area contributed by atoms with Crippen LogP contribution < -0.4 is 10.6 Å². The predicted octanol–water partition coefficient (Wildman–Crippen LogP) is 3.78. The van der Waals surface area contributed by atoms with Gasteiger partial charge in [0.2, 0.25) is 0 Å². The first-order valence-electron chi connectivity index (χ1n) is 9.08. The number of hydrogen-bond acceptors (Lipinski definition) is 4. The number of para-hydroxylation sites is 1. The van der Waals surface area contributed by atoms with E-state index in [1.165, 1.54) is 12.3 Å². The molecule has 0 atom stereocenters. The summed E-state index contributed by atoms with van der Waals surface area (Å²) >= 11 is 0. The Morgan fingerprint density at radius 3 is 2.57 bits per heavy atom. The largest absolute Gasteiger partial charge is 0.348 e. The van der Waals surface area contributed by atoms with Crippen molar-refractivity contribution in [3.8, 4) is 0 Å². The second kappa shape index (κ2) is 8.90. The van der Waals surface area contributed by atoms with Gasteiger partial charge in [-0.25, -0.2) is 0 Å². The van der Waals surface area contributed by atoms with E-state index >= 15 is 0 Å². The lowest BCUT2D eigenvalue weighted by Gasteiger charge is -2.13. The van der Waals surface area contributed by atoms with Gasteiger partial charge in [-0.1, -0.05) is 38.1 Å². The molecule has 28 heavy (non-hydrogen) atoms. The zero-order valence-electron chi connectivity index (χ0n) is 15.8. The van der Waals surface area contributed by atoms with Gasteiger partial charge in [0.05, 0.1) is 0 Å². The van der Waals surface area contributed by atoms with Crippen LogP contribution in [0.3, 0.4) is 0 Å². The Bertz CT molecular complexity index is 971. The normalized spacial score (nSPS) is 10.5. The topological polar surface area (TPSA) is 84.0 Å². The third kappa shape index (κ3) is 4.79. The number of carbonyl (C=O) groups excluding carboxylic acids is 2. The lowest BCUT2D eigenvalue weighted by molar-refractivity contribution is 0.0950. The zero-order chi connectivity index (χ0) is 19.9. The number of benzene rings is 1. The molecule has 2 amide bonds. The summed E-state index contributed by atoms with van der Waals surface area (Å²) in [5.41, 5.74) is 3.25. The molecule has 0 fully saturated rings. The Balaban J connectivity index is 1.70. The van der Waals surface area contributed by atoms with Crippen LogP contribution in [-0.4, -0.2) is 21.8 Å². The lowest BCUT2D eigenvalue weighted by Crippen LogP contribution is -2.24. The van der Waals surface area contributed by atoms with Gasteiger partial charge < -0.3 is 10.6 Å². The summed E-state index contributed by atoms with van der Waals surface area (Å²) in [4.78, 5) is 33.2. The molecule has 0 aliphatic carbocycles. The molecular weight excluding hydrogens is 352 g/mol. The quantitative estimate of drug-likeness (QED) is 0.688. The van der Waals surface area contributed by atoms with E-state index < -0.39 is 0 Å². The summed E-state index contributed by atoms with van der Waals surface area (Å²) < 4.78 is 0. The third-order valence-electron chi connectivity index (χ3n) is 4.26. The second-order valence-electron chi connectivity index (χ2n) is 6.67. The standard InChI is InChI=1S/C22H22N4O2/c1-15(2)18-7-3-4-8-19(18)26-22(28)20-12-17(9-11-24-20)21(27)25-14-16-6-5-10-23-13-16/h3-13,15H,14H2,1-2H3,(H,25,27)(H,26,28). The minimum Gasteiger partial charge on any atom is -0.348 e. The van der Waals surface area contributed by atoms with Crippen LogP contribution in [0, 0.1) is 0 Å². The van der Waals surface area contributed by atoms with Gasteiger partial charge in [-0.15, -0.1) is 0 Å². The number of hydrogen-bond donors (Lipinski definition) is 2. The van der Waals surface area contributed by atoms with Crippen LogP contribution in [0.1, 0.15) is 51.7 Å². The summed E-state index contributed by atoms with van der Waals surface area (Å²) in [7, 11) is 0. The molecule has 2 N–H and O–H groups in total. The maximum Gasteiger partial charge on any atom is 0.274 e. The number of amides is 2. The van der Waals surface area contributed by atoms with Gasteiger partial charge in [0.1, 0.15) is 5.69 Å². The fourth-order valence-electron chi connectivity index (χ4n) is 2.78. The number of nitrogens with one attached hydrogen (secondary N) is 2. The van der Waals surface area contributed by atoms with Gasteiger partial charge in [0.25, 0.3) is 11.8 Å². The molecule has 0 unspecified atom stereocenters. The van der Waals surface area contributed by atoms with Crippen LogP contribution >= 0.6 is 0 Å². The average Bonchev–Trinajstić information content (AvgIpc) is 2.73. The summed E-state index contributed by atoms with van der Waals surface area (Å²) in [6.45, 7) is 4.49. The minimum atomic E-state index is -0.352. The lowest BCUT2D eigenvalue weighted by atomic mass is 10.0. The summed E-state index contributed by atoms with van der Waals surface area (Å²) in [6.07, 6.45) is 4.83. The van der Waals surface area contributed by atoms with E-state index in [1.54, 1.807) is 18.5 Å². The SMILES string of the molecule is CC(C)c1ccccc1NC(=O)c1cc(C(=O)NCc2cccnc2)ccn1. The molecule has 1 aromatic carbocycles. The molecular formula is C22H22N4O2. The Kier molecular flexibility index (Phi) is 6.11. The van der Waals surface area contributed by atoms with Gasteiger partial charge in [-0.05, 0) is 41.3 Å². The van der Waals surface area contributed by atoms with Crippen LogP contribution in [0.4, 0.5) is 5.69 Å². The van der Waals surface area contributed by atoms with Crippen molar-refractivity contribution in [3.63, 3.8) is 0 Å². The number of rotatable bonds is 6. The highest BCUT2D eigenvalue weighted by molar-refractivity contribution is 6.05. The molecule has 2 aromatic heterocycles. The van der Waals surface area contributed by atoms with Gasteiger partial charge >= 0.3 is 0 Å². The molecule has 0 aliphatic rings. The van der Waals surface area contributed by atoms with Crippen molar-refractivity contribution in [1.29, 1.82) is 0 Å². The summed E-state index contributed by atoms with van der Waals surface area (Å²) in [5, 5.41) is 5.71. The molecule has 142 valence electrons. The molecule has 3 aromatic rings. The van der Waals surface area contributed by atoms with Gasteiger partial charge in [0, 0.05) is 36.4 Å². The number of aromatic nitrogens is 2. The molecule has 2 heterocycles. The van der Waals surface area contributed by atoms with E-state index in [0.717, 1.165) is 16.8 Å². The van der Waals surface area contributed by atoms with Crippen LogP contribution in [0.2, 0.25) is 0 Å². The van der Waals surface area contributed by atoms with Crippen LogP contribution in [-0.2, 0) is 6.54 Å². The molecule has 3 rings (SSSR count). The molecule has 0 spiro atoms. The third-order valence-corrected chi connectivity index (χ3v) is 4.26. The van der Waals surface area contributed by atoms with Gasteiger partial charge in [0.15, 0.2) is 0 Å². The first-order valence-corrected chi connectivity index (χ1v) is 9.08. The van der Waals surface area contributed by atoms with E-state index in [4.69, 9.17) is 0 Å². The van der Waals surface area contributed by atoms with Crippen molar-refractivity contribution >= 4 is 17.5 Å². The Morgan fingerprint density at radius 2 is 1.82 bits per heavy atom. The average molecular weight is 374 g/mol. The molecule has 6 nitrogen and oxygen atoms in total. The van der Waals surface area contributed by atoms with Crippen molar-refractivity contribution in [2.24, 2.45) is 0 Å². The highest BCUT2D eigenvalue weighted by Crippen LogP contribution is 2.24. The van der Waals surface area contributed by atoms with Crippen LogP contribution in [0.5, 0.6) is 0 Å². The van der Waals surface area contributed by atoms with E-state index in [0.29, 0.717) is 12.1 Å². The first-order chi connectivity index (χ1) is 13.5. The minimum absolute atomic E-state index is 0.188. The van der Waals surface area contributed by atoms with Crippen molar-refractivity contribution in [1.82, 2.24) is 15.3 Å². The predicted molar refractivity (Wildman–Crippen MR) is 108 cm³/mol. The Hall–Kier alpha value is -3.54. The highest BCUT2D eigenvalue weighted by Gasteiger charge is 2.14. The fraction of sp³-hybridized carbons (Fsp3) is 0.182. The van der Waals surface area contributed by atoms with Crippen molar-refractivity contribution in [2.45, 2.75) is 26.3 Å². The van der Waals surface area contributed by atoms with E-state index in [-0.39, 0.29) is 23.4 Å². The zero-order valence-corrected chi connectivity index (χ0v) is 15.8. The first kappa shape index (κ1) is 19.2. The number of carbonyl (C=O) groups is 2. The molecule has 0 saturated carbocycles. The second-order valence-corrected chi connectivity index (χ2v) is 6.67. The molecule has 0 aliphatic heterocycles. The molecule has 0 radical (unpaired) electrons. The van der Waals surface area contributed by atoms with Crippen LogP contribution in [0.15, 0.2) is 67.1 Å². The van der Waals surface area contributed by atoms with E-state index in [9.17, 15) is 9.59 Å². The maximum absolute atomic E-state index is 12.6. The highest BCUT2D eigenvalue weighted by atomic mass is 16.2. The van der Waals surface area contributed by atoms with Crippen LogP contribution in [0.25, 0.3) is 0 Å². The fourth-order valence-corrected chi connectivity index (χ4v) is 2.78. The van der Waals surface area contributed by atoms with Crippen molar-refractivity contribution < 1.29 is 9.59 Å². The molecule has 0 saturated heterocycles. The molecule has 0 bridgehead atoms. The number of nitrogens with zero attached hydrogens (tertiary/aromatic N) is 2. The summed E-state index contributed by atoms with van der Waals surface area (Å²) in [6, 6.07) is 14.4. The van der Waals surface area contributed by atoms with Crippen molar-refractivity contribution in [3.05, 3.63) is 89.5 Å². The maximum atomic E-state index is 12.6. The Labute approximate surface area is 164 Å². The van der Waals surface area contributed by atoms with Gasteiger partial charge in [-0.3, -0.25) is 19.6 Å². The smallest absolute Gasteiger partial charge is 0.274 e. The van der Waals surface area contributed by atoms with Crippen molar-refractivity contribution in [2.75, 3.05) is 5.32 Å². The molecule has 6 heteroatoms. The van der Waals surface area contributed by atoms with E-state index in [1.807, 2.05) is 36.4 Å². The monoisotopic (exact) mass is 374 g/mol. The Morgan fingerprint density at radius 1 is 1.00 bits per heavy atom. The van der Waals surface area contributed by atoms with Gasteiger partial charge in [-0.2, -0.15) is 0 Å². The summed E-state index contributed by atoms with van der Waals surface area (Å²) in [5.74, 6) is -0.355.